The minimum atomic E-state index is -0.0190. The van der Waals surface area contributed by atoms with Gasteiger partial charge in [-0.15, -0.1) is 11.3 Å². The smallest absolute Gasteiger partial charge is 0.253 e. The van der Waals surface area contributed by atoms with E-state index in [1.807, 2.05) is 54.1 Å². The molecule has 144 valence electrons. The number of aryl methyl sites for hydroxylation is 2. The molecule has 4 rings (SSSR count). The van der Waals surface area contributed by atoms with E-state index in [9.17, 15) is 9.59 Å². The fraction of sp³-hybridized carbons (Fsp3) is 0.286. The number of carbonyl (C=O) groups excluding carboxylic acids is 2. The van der Waals surface area contributed by atoms with Crippen LogP contribution < -0.4 is 4.90 Å². The van der Waals surface area contributed by atoms with Gasteiger partial charge in [0.15, 0.2) is 5.78 Å². The van der Waals surface area contributed by atoms with Gasteiger partial charge in [-0.1, -0.05) is 0 Å². The van der Waals surface area contributed by atoms with E-state index in [0.29, 0.717) is 26.0 Å². The number of amides is 1. The second-order valence-corrected chi connectivity index (χ2v) is 8.01. The summed E-state index contributed by atoms with van der Waals surface area (Å²) in [5, 5.41) is 0. The van der Waals surface area contributed by atoms with Crippen molar-refractivity contribution in [1.82, 2.24) is 9.55 Å². The Morgan fingerprint density at radius 3 is 2.68 bits per heavy atom. The molecule has 0 radical (unpaired) electrons. The van der Waals surface area contributed by atoms with Crippen LogP contribution >= 0.6 is 11.3 Å². The van der Waals surface area contributed by atoms with Crippen molar-refractivity contribution in [1.29, 1.82) is 0 Å². The lowest BCUT2D eigenvalue weighted by Crippen LogP contribution is -2.41. The third kappa shape index (κ3) is 4.05. The SMILES string of the molecule is Cc1ccc(C(=O)CCc2cn(-c3ccc(N4CCOCC4=O)cc3)cn2)s1. The molecule has 0 spiro atoms. The van der Waals surface area contributed by atoms with Gasteiger partial charge in [0, 0.05) is 35.4 Å². The molecular formula is C21H21N3O3S. The molecule has 3 heterocycles. The van der Waals surface area contributed by atoms with Gasteiger partial charge in [-0.05, 0) is 49.7 Å². The number of rotatable bonds is 6. The molecule has 28 heavy (non-hydrogen) atoms. The first-order valence-corrected chi connectivity index (χ1v) is 10.0. The topological polar surface area (TPSA) is 64.4 Å². The molecular weight excluding hydrogens is 374 g/mol. The van der Waals surface area contributed by atoms with Gasteiger partial charge in [0.2, 0.25) is 0 Å². The molecule has 1 saturated heterocycles. The van der Waals surface area contributed by atoms with Crippen LogP contribution in [0.5, 0.6) is 0 Å². The summed E-state index contributed by atoms with van der Waals surface area (Å²) in [4.78, 5) is 32.3. The van der Waals surface area contributed by atoms with Crippen molar-refractivity contribution >= 4 is 28.7 Å². The normalized spacial score (nSPS) is 14.5. The summed E-state index contributed by atoms with van der Waals surface area (Å²) >= 11 is 1.54. The average Bonchev–Trinajstić information content (AvgIpc) is 3.36. The van der Waals surface area contributed by atoms with Crippen LogP contribution in [0.15, 0.2) is 48.9 Å². The summed E-state index contributed by atoms with van der Waals surface area (Å²) in [5.74, 6) is 0.140. The highest BCUT2D eigenvalue weighted by atomic mass is 32.1. The highest BCUT2D eigenvalue weighted by Crippen LogP contribution is 2.20. The summed E-state index contributed by atoms with van der Waals surface area (Å²) < 4.78 is 7.10. The van der Waals surface area contributed by atoms with Crippen molar-refractivity contribution in [2.75, 3.05) is 24.7 Å². The Bertz CT molecular complexity index is 991. The number of morpholine rings is 1. The molecule has 1 aliphatic rings. The summed E-state index contributed by atoms with van der Waals surface area (Å²) in [6.07, 6.45) is 4.77. The second kappa shape index (κ2) is 8.08. The van der Waals surface area contributed by atoms with Crippen LogP contribution in [0.1, 0.15) is 26.7 Å². The van der Waals surface area contributed by atoms with E-state index < -0.39 is 0 Å². The number of thiophene rings is 1. The Balaban J connectivity index is 1.39. The number of imidazole rings is 1. The van der Waals surface area contributed by atoms with Gasteiger partial charge in [0.05, 0.1) is 23.5 Å². The van der Waals surface area contributed by atoms with E-state index in [1.165, 1.54) is 11.3 Å². The Morgan fingerprint density at radius 2 is 1.96 bits per heavy atom. The van der Waals surface area contributed by atoms with Crippen LogP contribution in [-0.2, 0) is 16.0 Å². The van der Waals surface area contributed by atoms with E-state index in [0.717, 1.165) is 26.8 Å². The summed E-state index contributed by atoms with van der Waals surface area (Å²) in [5.41, 5.74) is 2.71. The van der Waals surface area contributed by atoms with Crippen molar-refractivity contribution in [3.8, 4) is 5.69 Å². The molecule has 0 aliphatic carbocycles. The number of ether oxygens (including phenoxy) is 1. The number of carbonyl (C=O) groups is 2. The van der Waals surface area contributed by atoms with Gasteiger partial charge in [-0.2, -0.15) is 0 Å². The van der Waals surface area contributed by atoms with E-state index >= 15 is 0 Å². The molecule has 1 aliphatic heterocycles. The van der Waals surface area contributed by atoms with E-state index in [1.54, 1.807) is 11.2 Å². The van der Waals surface area contributed by atoms with Gasteiger partial charge in [0.25, 0.3) is 5.91 Å². The number of benzene rings is 1. The maximum Gasteiger partial charge on any atom is 0.253 e. The molecule has 0 N–H and O–H groups in total. The fourth-order valence-electron chi connectivity index (χ4n) is 3.18. The van der Waals surface area contributed by atoms with E-state index in [2.05, 4.69) is 4.98 Å². The van der Waals surface area contributed by atoms with Crippen molar-refractivity contribution < 1.29 is 14.3 Å². The average molecular weight is 395 g/mol. The Hall–Kier alpha value is -2.77. The summed E-state index contributed by atoms with van der Waals surface area (Å²) in [6.45, 7) is 3.27. The number of hydrogen-bond acceptors (Lipinski definition) is 5. The highest BCUT2D eigenvalue weighted by Gasteiger charge is 2.20. The Labute approximate surface area is 167 Å². The number of Topliss-reactive ketones (excluding diaryl/α,β-unsaturated/α-hetero) is 1. The number of ketones is 1. The maximum atomic E-state index is 12.3. The molecule has 6 nitrogen and oxygen atoms in total. The van der Waals surface area contributed by atoms with Crippen LogP contribution in [0.25, 0.3) is 5.69 Å². The molecule has 0 unspecified atom stereocenters. The third-order valence-corrected chi connectivity index (χ3v) is 5.75. The minimum Gasteiger partial charge on any atom is -0.370 e. The molecule has 0 saturated carbocycles. The quantitative estimate of drug-likeness (QED) is 0.600. The lowest BCUT2D eigenvalue weighted by Gasteiger charge is -2.26. The number of hydrogen-bond donors (Lipinski definition) is 0. The summed E-state index contributed by atoms with van der Waals surface area (Å²) in [7, 11) is 0. The zero-order valence-corrected chi connectivity index (χ0v) is 16.4. The Morgan fingerprint density at radius 1 is 1.18 bits per heavy atom. The van der Waals surface area contributed by atoms with Crippen LogP contribution in [-0.4, -0.2) is 41.0 Å². The predicted molar refractivity (Wildman–Crippen MR) is 108 cm³/mol. The summed E-state index contributed by atoms with van der Waals surface area (Å²) in [6, 6.07) is 11.6. The molecule has 1 fully saturated rings. The van der Waals surface area contributed by atoms with Crippen LogP contribution in [0.3, 0.4) is 0 Å². The number of anilines is 1. The Kier molecular flexibility index (Phi) is 5.36. The first-order chi connectivity index (χ1) is 13.6. The standard InChI is InChI=1S/C21H21N3O3S/c1-15-2-9-20(28-15)19(25)8-3-16-12-23(14-22-16)17-4-6-18(7-5-17)24-10-11-27-13-21(24)26/h2,4-7,9,12,14H,3,8,10-11,13H2,1H3. The number of nitrogens with zero attached hydrogens (tertiary/aromatic N) is 3. The maximum absolute atomic E-state index is 12.3. The van der Waals surface area contributed by atoms with Gasteiger partial charge in [-0.3, -0.25) is 9.59 Å². The molecule has 0 bridgehead atoms. The van der Waals surface area contributed by atoms with Crippen molar-refractivity contribution in [2.45, 2.75) is 19.8 Å². The van der Waals surface area contributed by atoms with Gasteiger partial charge in [0.1, 0.15) is 6.61 Å². The molecule has 1 amide bonds. The van der Waals surface area contributed by atoms with E-state index in [-0.39, 0.29) is 18.3 Å². The molecule has 3 aromatic rings. The third-order valence-electron chi connectivity index (χ3n) is 4.70. The predicted octanol–water partition coefficient (Wildman–Crippen LogP) is 3.42. The molecule has 2 aromatic heterocycles. The fourth-order valence-corrected chi connectivity index (χ4v) is 4.01. The molecule has 7 heteroatoms. The monoisotopic (exact) mass is 395 g/mol. The van der Waals surface area contributed by atoms with Crippen LogP contribution in [0.4, 0.5) is 5.69 Å². The molecule has 1 aromatic carbocycles. The first-order valence-electron chi connectivity index (χ1n) is 9.21. The highest BCUT2D eigenvalue weighted by molar-refractivity contribution is 7.14. The zero-order valence-electron chi connectivity index (χ0n) is 15.6. The van der Waals surface area contributed by atoms with Crippen LogP contribution in [0.2, 0.25) is 0 Å². The minimum absolute atomic E-state index is 0.0190. The van der Waals surface area contributed by atoms with Gasteiger partial charge in [-0.25, -0.2) is 4.98 Å². The van der Waals surface area contributed by atoms with Crippen LogP contribution in [0, 0.1) is 6.92 Å². The first kappa shape index (κ1) is 18.6. The van der Waals surface area contributed by atoms with Crippen molar-refractivity contribution in [3.63, 3.8) is 0 Å². The largest absolute Gasteiger partial charge is 0.370 e. The zero-order chi connectivity index (χ0) is 19.5. The van der Waals surface area contributed by atoms with Crippen molar-refractivity contribution in [3.05, 3.63) is 64.4 Å². The van der Waals surface area contributed by atoms with E-state index in [4.69, 9.17) is 4.74 Å². The van der Waals surface area contributed by atoms with Gasteiger partial charge < -0.3 is 14.2 Å². The second-order valence-electron chi connectivity index (χ2n) is 6.72. The lowest BCUT2D eigenvalue weighted by molar-refractivity contribution is -0.125. The van der Waals surface area contributed by atoms with Crippen molar-refractivity contribution in [2.24, 2.45) is 0 Å². The number of aromatic nitrogens is 2. The van der Waals surface area contributed by atoms with Gasteiger partial charge >= 0.3 is 0 Å². The lowest BCUT2D eigenvalue weighted by atomic mass is 10.1. The molecule has 0 atom stereocenters.